The van der Waals surface area contributed by atoms with Crippen LogP contribution in [-0.4, -0.2) is 13.0 Å². The Labute approximate surface area is 115 Å². The van der Waals surface area contributed by atoms with Gasteiger partial charge in [0.05, 0.1) is 11.4 Å². The molecule has 2 nitrogen and oxygen atoms in total. The highest BCUT2D eigenvalue weighted by molar-refractivity contribution is 6.50. The van der Waals surface area contributed by atoms with E-state index in [1.807, 2.05) is 6.92 Å². The normalized spacial score (nSPS) is 14.0. The maximum absolute atomic E-state index is 9.75. The van der Waals surface area contributed by atoms with Crippen molar-refractivity contribution in [3.05, 3.63) is 35.0 Å². The molecule has 1 heterocycles. The number of rotatable bonds is 0. The summed E-state index contributed by atoms with van der Waals surface area (Å²) in [7, 11) is -6.00. The number of nitrogens with zero attached hydrogens (tertiary/aromatic N) is 1. The van der Waals surface area contributed by atoms with E-state index in [0.717, 1.165) is 22.8 Å². The second-order valence-electron chi connectivity index (χ2n) is 4.65. The van der Waals surface area contributed by atoms with E-state index in [0.29, 0.717) is 0 Å². The van der Waals surface area contributed by atoms with E-state index in [9.17, 15) is 17.3 Å². The van der Waals surface area contributed by atoms with Gasteiger partial charge in [0.2, 0.25) is 0 Å². The summed E-state index contributed by atoms with van der Waals surface area (Å²) in [5.74, 6) is 0. The minimum Gasteiger partial charge on any atom is -0.418 e. The molecule has 0 amide bonds. The molecule has 0 bridgehead atoms. The van der Waals surface area contributed by atoms with Crippen LogP contribution >= 0.6 is 0 Å². The van der Waals surface area contributed by atoms with Gasteiger partial charge in [0, 0.05) is 11.4 Å². The van der Waals surface area contributed by atoms with Crippen molar-refractivity contribution in [3.63, 3.8) is 0 Å². The topological polar surface area (TPSA) is 24.4 Å². The van der Waals surface area contributed by atoms with E-state index >= 15 is 0 Å². The van der Waals surface area contributed by atoms with Gasteiger partial charge in [-0.05, 0) is 57.0 Å². The maximum Gasteiger partial charge on any atom is 0.673 e. The van der Waals surface area contributed by atoms with Gasteiger partial charge in [0.15, 0.2) is 0 Å². The minimum atomic E-state index is -6.00. The third kappa shape index (κ3) is 5.46. The van der Waals surface area contributed by atoms with E-state index in [1.165, 1.54) is 11.1 Å². The van der Waals surface area contributed by atoms with Gasteiger partial charge in [0.25, 0.3) is 0 Å². The molecule has 110 valence electrons. The zero-order chi connectivity index (χ0) is 15.5. The summed E-state index contributed by atoms with van der Waals surface area (Å²) in [6.07, 6.45) is 2.06. The SMILES string of the molecule is CC1=CC(C)=Nc2cc(C)c(C)cc2N1.F[B-](F)(F)F. The van der Waals surface area contributed by atoms with Crippen LogP contribution in [0.25, 0.3) is 0 Å². The van der Waals surface area contributed by atoms with Gasteiger partial charge in [0.1, 0.15) is 0 Å². The van der Waals surface area contributed by atoms with Gasteiger partial charge in [-0.3, -0.25) is 4.99 Å². The number of hydrogen-bond acceptors (Lipinski definition) is 2. The minimum absolute atomic E-state index is 1.03. The number of halogens is 4. The standard InChI is InChI=1S/C13H16N2.BF4/c1-8-5-12-13(6-9(8)2)15-11(4)7-10(3)14-12;2-1(3,4)5/h5-7,14H,1-4H3;/q;-1. The molecule has 0 unspecified atom stereocenters. The van der Waals surface area contributed by atoms with Crippen molar-refractivity contribution in [2.24, 2.45) is 4.99 Å². The number of fused-ring (bicyclic) bond motifs is 1. The molecule has 0 spiro atoms. The number of aryl methyl sites for hydroxylation is 2. The quantitative estimate of drug-likeness (QED) is 0.525. The summed E-state index contributed by atoms with van der Waals surface area (Å²) in [6, 6.07) is 4.29. The predicted molar refractivity (Wildman–Crippen MR) is 76.3 cm³/mol. The number of allylic oxidation sites excluding steroid dienone is 2. The lowest BCUT2D eigenvalue weighted by atomic mass is 10.1. The molecule has 20 heavy (non-hydrogen) atoms. The van der Waals surface area contributed by atoms with Gasteiger partial charge in [-0.1, -0.05) is 0 Å². The lowest BCUT2D eigenvalue weighted by Gasteiger charge is -2.10. The number of hydrogen-bond donors (Lipinski definition) is 1. The fourth-order valence-corrected chi connectivity index (χ4v) is 1.78. The molecule has 0 atom stereocenters. The molecule has 2 rings (SSSR count). The van der Waals surface area contributed by atoms with Gasteiger partial charge in [-0.25, -0.2) is 0 Å². The van der Waals surface area contributed by atoms with Crippen molar-refractivity contribution in [2.75, 3.05) is 5.32 Å². The van der Waals surface area contributed by atoms with Crippen LogP contribution in [0.15, 0.2) is 28.9 Å². The summed E-state index contributed by atoms with van der Waals surface area (Å²) in [4.78, 5) is 4.57. The van der Waals surface area contributed by atoms with Crippen molar-refractivity contribution in [2.45, 2.75) is 27.7 Å². The summed E-state index contributed by atoms with van der Waals surface area (Å²) in [6.45, 7) is 8.32. The summed E-state index contributed by atoms with van der Waals surface area (Å²) in [5.41, 5.74) is 6.89. The second kappa shape index (κ2) is 6.11. The molecule has 1 aliphatic rings. The monoisotopic (exact) mass is 287 g/mol. The van der Waals surface area contributed by atoms with Crippen LogP contribution in [0.2, 0.25) is 0 Å². The molecular weight excluding hydrogens is 271 g/mol. The molecule has 0 saturated carbocycles. The Morgan fingerprint density at radius 2 is 1.45 bits per heavy atom. The Bertz CT molecular complexity index is 556. The maximum atomic E-state index is 9.75. The summed E-state index contributed by atoms with van der Waals surface area (Å²) < 4.78 is 39.0. The van der Waals surface area contributed by atoms with Crippen molar-refractivity contribution < 1.29 is 17.3 Å². The van der Waals surface area contributed by atoms with Crippen LogP contribution in [0, 0.1) is 13.8 Å². The molecule has 0 saturated heterocycles. The highest BCUT2D eigenvalue weighted by atomic mass is 19.5. The Balaban J connectivity index is 0.000000347. The van der Waals surface area contributed by atoms with Crippen LogP contribution in [0.4, 0.5) is 28.6 Å². The van der Waals surface area contributed by atoms with Crippen molar-refractivity contribution in [1.82, 2.24) is 0 Å². The van der Waals surface area contributed by atoms with E-state index in [4.69, 9.17) is 0 Å². The van der Waals surface area contributed by atoms with Crippen LogP contribution in [0.1, 0.15) is 25.0 Å². The van der Waals surface area contributed by atoms with Crippen LogP contribution in [0.5, 0.6) is 0 Å². The molecule has 0 fully saturated rings. The van der Waals surface area contributed by atoms with Gasteiger partial charge < -0.3 is 22.6 Å². The first-order valence-corrected chi connectivity index (χ1v) is 6.05. The Morgan fingerprint density at radius 3 is 2.00 bits per heavy atom. The van der Waals surface area contributed by atoms with Gasteiger partial charge in [-0.2, -0.15) is 0 Å². The summed E-state index contributed by atoms with van der Waals surface area (Å²) in [5, 5.41) is 3.37. The number of benzene rings is 1. The first-order valence-electron chi connectivity index (χ1n) is 6.05. The smallest absolute Gasteiger partial charge is 0.418 e. The fourth-order valence-electron chi connectivity index (χ4n) is 1.78. The molecule has 0 aromatic heterocycles. The van der Waals surface area contributed by atoms with Crippen LogP contribution < -0.4 is 5.32 Å². The van der Waals surface area contributed by atoms with Crippen LogP contribution in [0.3, 0.4) is 0 Å². The van der Waals surface area contributed by atoms with Crippen LogP contribution in [-0.2, 0) is 0 Å². The largest absolute Gasteiger partial charge is 0.673 e. The van der Waals surface area contributed by atoms with Crippen molar-refractivity contribution >= 4 is 24.3 Å². The lowest BCUT2D eigenvalue weighted by molar-refractivity contribution is 0.368. The van der Waals surface area contributed by atoms with E-state index in [1.54, 1.807) is 0 Å². The fraction of sp³-hybridized carbons (Fsp3) is 0.308. The molecule has 1 aliphatic heterocycles. The van der Waals surface area contributed by atoms with E-state index < -0.39 is 7.25 Å². The Kier molecular flexibility index (Phi) is 4.97. The zero-order valence-corrected chi connectivity index (χ0v) is 11.8. The third-order valence-corrected chi connectivity index (χ3v) is 2.67. The molecule has 1 aromatic carbocycles. The first-order chi connectivity index (χ1) is 9.06. The second-order valence-corrected chi connectivity index (χ2v) is 4.65. The molecule has 1 N–H and O–H groups in total. The number of aliphatic imine (C=N–C) groups is 1. The first kappa shape index (κ1) is 16.3. The predicted octanol–water partition coefficient (Wildman–Crippen LogP) is 5.03. The van der Waals surface area contributed by atoms with Gasteiger partial charge >= 0.3 is 7.25 Å². The Hall–Kier alpha value is -1.79. The molecule has 7 heteroatoms. The van der Waals surface area contributed by atoms with E-state index in [-0.39, 0.29) is 0 Å². The molecule has 0 aliphatic carbocycles. The lowest BCUT2D eigenvalue weighted by Crippen LogP contribution is -2.02. The summed E-state index contributed by atoms with van der Waals surface area (Å²) >= 11 is 0. The Morgan fingerprint density at radius 1 is 0.950 bits per heavy atom. The van der Waals surface area contributed by atoms with Crippen molar-refractivity contribution in [3.8, 4) is 0 Å². The molecular formula is C13H16BF4N2-. The number of nitrogens with one attached hydrogen (secondary N) is 1. The van der Waals surface area contributed by atoms with E-state index in [2.05, 4.69) is 49.3 Å². The third-order valence-electron chi connectivity index (χ3n) is 2.67. The molecule has 0 radical (unpaired) electrons. The average molecular weight is 287 g/mol. The highest BCUT2D eigenvalue weighted by Gasteiger charge is 2.20. The average Bonchev–Trinajstić information content (AvgIpc) is 2.34. The highest BCUT2D eigenvalue weighted by Crippen LogP contribution is 2.31. The van der Waals surface area contributed by atoms with Gasteiger partial charge in [-0.15, -0.1) is 0 Å². The van der Waals surface area contributed by atoms with Crippen molar-refractivity contribution in [1.29, 1.82) is 0 Å². The number of anilines is 1. The zero-order valence-electron chi connectivity index (χ0n) is 11.8. The molecule has 1 aromatic rings.